The molecule has 3 nitrogen and oxygen atoms in total. The average molecular weight is 325 g/mol. The summed E-state index contributed by atoms with van der Waals surface area (Å²) in [5.41, 5.74) is 5.76. The molecule has 128 valence electrons. The van der Waals surface area contributed by atoms with Crippen molar-refractivity contribution in [3.8, 4) is 5.75 Å². The summed E-state index contributed by atoms with van der Waals surface area (Å²) in [6.07, 6.45) is -0.542. The van der Waals surface area contributed by atoms with E-state index < -0.39 is 6.10 Å². The smallest absolute Gasteiger partial charge is 0.261 e. The van der Waals surface area contributed by atoms with Gasteiger partial charge >= 0.3 is 0 Å². The number of ether oxygens (including phenoxy) is 1. The van der Waals surface area contributed by atoms with Crippen molar-refractivity contribution >= 4 is 5.91 Å². The summed E-state index contributed by atoms with van der Waals surface area (Å²) >= 11 is 0. The zero-order valence-electron chi connectivity index (χ0n) is 15.4. The predicted molar refractivity (Wildman–Crippen MR) is 98.5 cm³/mol. The summed E-state index contributed by atoms with van der Waals surface area (Å²) in [6.45, 7) is 12.0. The van der Waals surface area contributed by atoms with Gasteiger partial charge < -0.3 is 10.1 Å². The van der Waals surface area contributed by atoms with Gasteiger partial charge in [0.15, 0.2) is 6.10 Å². The van der Waals surface area contributed by atoms with E-state index in [2.05, 4.69) is 43.4 Å². The first-order chi connectivity index (χ1) is 11.3. The van der Waals surface area contributed by atoms with Gasteiger partial charge in [0.2, 0.25) is 0 Å². The van der Waals surface area contributed by atoms with Crippen LogP contribution >= 0.6 is 0 Å². The second kappa shape index (κ2) is 7.52. The minimum Gasteiger partial charge on any atom is -0.481 e. The highest BCUT2D eigenvalue weighted by molar-refractivity contribution is 5.81. The Kier molecular flexibility index (Phi) is 5.66. The van der Waals surface area contributed by atoms with Crippen molar-refractivity contribution < 1.29 is 9.53 Å². The molecule has 0 aliphatic rings. The Bertz CT molecular complexity index is 737. The molecule has 0 aliphatic heterocycles. The maximum atomic E-state index is 12.5. The van der Waals surface area contributed by atoms with Gasteiger partial charge in [0.05, 0.1) is 6.04 Å². The summed E-state index contributed by atoms with van der Waals surface area (Å²) in [5.74, 6) is 0.643. The first kappa shape index (κ1) is 18.1. The quantitative estimate of drug-likeness (QED) is 0.875. The topological polar surface area (TPSA) is 38.3 Å². The lowest BCUT2D eigenvalue weighted by molar-refractivity contribution is -0.127. The number of benzene rings is 2. The lowest BCUT2D eigenvalue weighted by Gasteiger charge is -2.21. The molecule has 24 heavy (non-hydrogen) atoms. The molecule has 2 rings (SSSR count). The summed E-state index contributed by atoms with van der Waals surface area (Å²) in [5, 5.41) is 3.04. The van der Waals surface area contributed by atoms with Crippen molar-refractivity contribution in [2.75, 3.05) is 0 Å². The van der Waals surface area contributed by atoms with Gasteiger partial charge in [-0.1, -0.05) is 41.5 Å². The molecule has 0 spiro atoms. The number of carbonyl (C=O) groups excluding carboxylic acids is 1. The molecule has 0 unspecified atom stereocenters. The Morgan fingerprint density at radius 2 is 1.50 bits per heavy atom. The molecular weight excluding hydrogens is 298 g/mol. The van der Waals surface area contributed by atoms with Crippen molar-refractivity contribution in [2.24, 2.45) is 0 Å². The van der Waals surface area contributed by atoms with Gasteiger partial charge in [-0.2, -0.15) is 0 Å². The van der Waals surface area contributed by atoms with Crippen LogP contribution in [0.5, 0.6) is 5.75 Å². The van der Waals surface area contributed by atoms with E-state index in [9.17, 15) is 4.79 Å². The molecule has 2 aromatic carbocycles. The van der Waals surface area contributed by atoms with Crippen LogP contribution in [0.1, 0.15) is 47.7 Å². The molecule has 0 radical (unpaired) electrons. The number of hydrogen-bond donors (Lipinski definition) is 1. The second-order valence-electron chi connectivity index (χ2n) is 6.62. The number of aryl methyl sites for hydroxylation is 4. The monoisotopic (exact) mass is 325 g/mol. The highest BCUT2D eigenvalue weighted by Gasteiger charge is 2.19. The molecule has 1 N–H and O–H groups in total. The summed E-state index contributed by atoms with van der Waals surface area (Å²) < 4.78 is 5.84. The molecule has 0 heterocycles. The van der Waals surface area contributed by atoms with E-state index in [0.29, 0.717) is 0 Å². The number of nitrogens with one attached hydrogen (secondary N) is 1. The van der Waals surface area contributed by atoms with Crippen LogP contribution in [-0.2, 0) is 4.79 Å². The van der Waals surface area contributed by atoms with Gasteiger partial charge in [-0.15, -0.1) is 0 Å². The minimum absolute atomic E-state index is 0.0525. The SMILES string of the molecule is Cc1ccc(O[C@H](C)C(=O)N[C@H](C)c2ccc(C)cc2C)c(C)c1. The highest BCUT2D eigenvalue weighted by Crippen LogP contribution is 2.21. The molecule has 0 saturated heterocycles. The summed E-state index contributed by atoms with van der Waals surface area (Å²) in [4.78, 5) is 12.5. The first-order valence-electron chi connectivity index (χ1n) is 8.39. The fourth-order valence-electron chi connectivity index (χ4n) is 2.90. The molecule has 1 amide bonds. The van der Waals surface area contributed by atoms with E-state index in [1.165, 1.54) is 16.7 Å². The third kappa shape index (κ3) is 4.38. The fourth-order valence-corrected chi connectivity index (χ4v) is 2.90. The van der Waals surface area contributed by atoms with E-state index in [1.807, 2.05) is 32.9 Å². The first-order valence-corrected chi connectivity index (χ1v) is 8.39. The molecular formula is C21H27NO2. The maximum Gasteiger partial charge on any atom is 0.261 e. The molecule has 3 heteroatoms. The lowest BCUT2D eigenvalue weighted by Crippen LogP contribution is -2.38. The van der Waals surface area contributed by atoms with E-state index in [-0.39, 0.29) is 11.9 Å². The molecule has 2 atom stereocenters. The average Bonchev–Trinajstić information content (AvgIpc) is 2.49. The lowest BCUT2D eigenvalue weighted by atomic mass is 10.00. The van der Waals surface area contributed by atoms with E-state index >= 15 is 0 Å². The molecule has 0 aromatic heterocycles. The molecule has 0 fully saturated rings. The van der Waals surface area contributed by atoms with Crippen LogP contribution < -0.4 is 10.1 Å². The zero-order valence-corrected chi connectivity index (χ0v) is 15.4. The standard InChI is InChI=1S/C21H27NO2/c1-13-7-9-19(15(3)11-13)17(5)22-21(23)18(6)24-20-10-8-14(2)12-16(20)4/h7-12,17-18H,1-6H3,(H,22,23)/t17-,18-/m1/s1. The predicted octanol–water partition coefficient (Wildman–Crippen LogP) is 4.56. The Morgan fingerprint density at radius 1 is 0.917 bits per heavy atom. The van der Waals surface area contributed by atoms with Crippen molar-refractivity contribution in [3.05, 3.63) is 64.2 Å². The van der Waals surface area contributed by atoms with Crippen molar-refractivity contribution in [2.45, 2.75) is 53.7 Å². The van der Waals surface area contributed by atoms with Gasteiger partial charge in [-0.05, 0) is 64.3 Å². The van der Waals surface area contributed by atoms with Crippen molar-refractivity contribution in [1.82, 2.24) is 5.32 Å². The number of carbonyl (C=O) groups is 1. The Balaban J connectivity index is 2.02. The van der Waals surface area contributed by atoms with Gasteiger partial charge in [-0.3, -0.25) is 4.79 Å². The number of amides is 1. The Morgan fingerprint density at radius 3 is 2.08 bits per heavy atom. The van der Waals surface area contributed by atoms with Gasteiger partial charge in [0, 0.05) is 0 Å². The number of hydrogen-bond acceptors (Lipinski definition) is 2. The normalized spacial score (nSPS) is 13.2. The fraction of sp³-hybridized carbons (Fsp3) is 0.381. The van der Waals surface area contributed by atoms with Gasteiger partial charge in [-0.25, -0.2) is 0 Å². The molecule has 0 aliphatic carbocycles. The third-order valence-electron chi connectivity index (χ3n) is 4.25. The largest absolute Gasteiger partial charge is 0.481 e. The number of rotatable bonds is 5. The van der Waals surface area contributed by atoms with Crippen LogP contribution in [0.2, 0.25) is 0 Å². The second-order valence-corrected chi connectivity index (χ2v) is 6.62. The van der Waals surface area contributed by atoms with Crippen LogP contribution in [-0.4, -0.2) is 12.0 Å². The Hall–Kier alpha value is -2.29. The van der Waals surface area contributed by atoms with Crippen LogP contribution in [0.25, 0.3) is 0 Å². The maximum absolute atomic E-state index is 12.5. The summed E-state index contributed by atoms with van der Waals surface area (Å²) in [7, 11) is 0. The zero-order chi connectivity index (χ0) is 17.9. The molecule has 0 saturated carbocycles. The minimum atomic E-state index is -0.542. The van der Waals surface area contributed by atoms with Gasteiger partial charge in [0.1, 0.15) is 5.75 Å². The van der Waals surface area contributed by atoms with Crippen LogP contribution in [0.3, 0.4) is 0 Å². The third-order valence-corrected chi connectivity index (χ3v) is 4.25. The van der Waals surface area contributed by atoms with E-state index in [1.54, 1.807) is 6.92 Å². The van der Waals surface area contributed by atoms with Crippen LogP contribution in [0.4, 0.5) is 0 Å². The van der Waals surface area contributed by atoms with Crippen LogP contribution in [0.15, 0.2) is 36.4 Å². The van der Waals surface area contributed by atoms with E-state index in [4.69, 9.17) is 4.74 Å². The van der Waals surface area contributed by atoms with Crippen molar-refractivity contribution in [1.29, 1.82) is 0 Å². The van der Waals surface area contributed by atoms with Gasteiger partial charge in [0.25, 0.3) is 5.91 Å². The summed E-state index contributed by atoms with van der Waals surface area (Å²) in [6, 6.07) is 12.2. The van der Waals surface area contributed by atoms with Crippen molar-refractivity contribution in [3.63, 3.8) is 0 Å². The highest BCUT2D eigenvalue weighted by atomic mass is 16.5. The van der Waals surface area contributed by atoms with E-state index in [0.717, 1.165) is 16.9 Å². The molecule has 2 aromatic rings. The van der Waals surface area contributed by atoms with Crippen LogP contribution in [0, 0.1) is 27.7 Å². The Labute approximate surface area is 145 Å². The molecule has 0 bridgehead atoms.